The Morgan fingerprint density at radius 1 is 0.892 bits per heavy atom. The van der Waals surface area contributed by atoms with E-state index in [-0.39, 0.29) is 12.1 Å². The summed E-state index contributed by atoms with van der Waals surface area (Å²) >= 11 is 0. The van der Waals surface area contributed by atoms with Gasteiger partial charge in [-0.05, 0) is 42.2 Å². The van der Waals surface area contributed by atoms with Crippen molar-refractivity contribution in [2.24, 2.45) is 0 Å². The van der Waals surface area contributed by atoms with E-state index < -0.39 is 11.9 Å². The van der Waals surface area contributed by atoms with E-state index in [4.69, 9.17) is 19.7 Å². The number of aryl methyl sites for hydroxylation is 1. The summed E-state index contributed by atoms with van der Waals surface area (Å²) in [4.78, 5) is 27.4. The molecule has 190 valence electrons. The predicted octanol–water partition coefficient (Wildman–Crippen LogP) is 6.03. The maximum absolute atomic E-state index is 11.0. The SMILES string of the molecule is COc1cc2cc(C(=O)O)[nH]c2cc1OCc1ccccc1.O=C(O)CCCc1c[nH]c2ccccc12. The first-order chi connectivity index (χ1) is 17.9. The van der Waals surface area contributed by atoms with Crippen molar-refractivity contribution in [3.63, 3.8) is 0 Å². The molecule has 0 spiro atoms. The number of rotatable bonds is 9. The van der Waals surface area contributed by atoms with Crippen LogP contribution in [0.2, 0.25) is 0 Å². The molecule has 0 saturated carbocycles. The zero-order valence-corrected chi connectivity index (χ0v) is 20.4. The maximum Gasteiger partial charge on any atom is 0.352 e. The topological polar surface area (TPSA) is 125 Å². The summed E-state index contributed by atoms with van der Waals surface area (Å²) in [5, 5.41) is 19.5. The van der Waals surface area contributed by atoms with Crippen molar-refractivity contribution in [2.75, 3.05) is 7.11 Å². The summed E-state index contributed by atoms with van der Waals surface area (Å²) in [5.41, 5.74) is 4.19. The second-order valence-electron chi connectivity index (χ2n) is 8.46. The number of fused-ring (bicyclic) bond motifs is 2. The number of aromatic amines is 2. The van der Waals surface area contributed by atoms with Crippen LogP contribution in [-0.4, -0.2) is 39.2 Å². The number of para-hydroxylation sites is 1. The standard InChI is InChI=1S/C17H15NO4.C12H13NO2/c1-21-15-8-12-7-14(17(19)20)18-13(12)9-16(15)22-10-11-5-3-2-4-6-11;14-12(15)7-3-4-9-8-13-11-6-2-1-5-10(9)11/h2-9,18H,10H2,1H3,(H,19,20);1-2,5-6,8,13H,3-4,7H2,(H,14,15). The first-order valence-electron chi connectivity index (χ1n) is 11.8. The zero-order chi connectivity index (χ0) is 26.2. The number of benzene rings is 3. The molecule has 0 fully saturated rings. The number of carbonyl (C=O) groups is 2. The Balaban J connectivity index is 0.000000186. The summed E-state index contributed by atoms with van der Waals surface area (Å²) in [6.45, 7) is 0.412. The van der Waals surface area contributed by atoms with Gasteiger partial charge >= 0.3 is 11.9 Å². The molecule has 5 rings (SSSR count). The van der Waals surface area contributed by atoms with E-state index in [1.807, 2.05) is 54.7 Å². The number of aromatic carboxylic acids is 1. The van der Waals surface area contributed by atoms with E-state index in [9.17, 15) is 9.59 Å². The van der Waals surface area contributed by atoms with E-state index in [2.05, 4.69) is 16.0 Å². The Hall–Kier alpha value is -4.72. The third-order valence-corrected chi connectivity index (χ3v) is 5.88. The fraction of sp³-hybridized carbons (Fsp3) is 0.172. The molecular weight excluding hydrogens is 472 g/mol. The molecule has 3 aromatic carbocycles. The highest BCUT2D eigenvalue weighted by molar-refractivity contribution is 5.94. The molecule has 0 radical (unpaired) electrons. The third-order valence-electron chi connectivity index (χ3n) is 5.88. The Labute approximate surface area is 213 Å². The minimum atomic E-state index is -0.998. The molecule has 0 aliphatic rings. The van der Waals surface area contributed by atoms with E-state index in [0.717, 1.165) is 22.9 Å². The van der Waals surface area contributed by atoms with Gasteiger partial charge in [0.2, 0.25) is 0 Å². The van der Waals surface area contributed by atoms with Gasteiger partial charge in [-0.1, -0.05) is 48.5 Å². The van der Waals surface area contributed by atoms with Crippen LogP contribution in [0.5, 0.6) is 11.5 Å². The van der Waals surface area contributed by atoms with Gasteiger partial charge in [0.05, 0.1) is 12.6 Å². The van der Waals surface area contributed by atoms with E-state index in [0.29, 0.717) is 30.0 Å². The number of methoxy groups -OCH3 is 1. The first-order valence-corrected chi connectivity index (χ1v) is 11.8. The van der Waals surface area contributed by atoms with Crippen molar-refractivity contribution in [3.05, 3.63) is 95.8 Å². The minimum absolute atomic E-state index is 0.136. The lowest BCUT2D eigenvalue weighted by atomic mass is 10.1. The number of hydrogen-bond donors (Lipinski definition) is 4. The molecule has 5 aromatic rings. The fourth-order valence-corrected chi connectivity index (χ4v) is 4.03. The molecular formula is C29H28N2O6. The smallest absolute Gasteiger partial charge is 0.352 e. The van der Waals surface area contributed by atoms with Crippen LogP contribution < -0.4 is 9.47 Å². The highest BCUT2D eigenvalue weighted by Crippen LogP contribution is 2.33. The zero-order valence-electron chi connectivity index (χ0n) is 20.4. The number of nitrogens with one attached hydrogen (secondary N) is 2. The molecule has 0 atom stereocenters. The maximum atomic E-state index is 11.0. The average Bonchev–Trinajstić information content (AvgIpc) is 3.52. The average molecular weight is 501 g/mol. The van der Waals surface area contributed by atoms with Gasteiger partial charge in [-0.15, -0.1) is 0 Å². The second kappa shape index (κ2) is 11.8. The van der Waals surface area contributed by atoms with Crippen LogP contribution >= 0.6 is 0 Å². The van der Waals surface area contributed by atoms with Crippen LogP contribution in [0, 0.1) is 0 Å². The van der Waals surface area contributed by atoms with Crippen LogP contribution in [0.4, 0.5) is 0 Å². The number of aromatic nitrogens is 2. The van der Waals surface area contributed by atoms with Crippen LogP contribution in [0.3, 0.4) is 0 Å². The summed E-state index contributed by atoms with van der Waals surface area (Å²) < 4.78 is 11.1. The Bertz CT molecular complexity index is 1500. The van der Waals surface area contributed by atoms with Crippen LogP contribution in [0.25, 0.3) is 21.8 Å². The monoisotopic (exact) mass is 500 g/mol. The highest BCUT2D eigenvalue weighted by atomic mass is 16.5. The molecule has 4 N–H and O–H groups in total. The molecule has 37 heavy (non-hydrogen) atoms. The summed E-state index contributed by atoms with van der Waals surface area (Å²) in [5.74, 6) is -0.589. The van der Waals surface area contributed by atoms with E-state index in [1.165, 1.54) is 10.9 Å². The van der Waals surface area contributed by atoms with Gasteiger partial charge in [-0.25, -0.2) is 4.79 Å². The van der Waals surface area contributed by atoms with Gasteiger partial charge in [-0.3, -0.25) is 4.79 Å². The van der Waals surface area contributed by atoms with Gasteiger partial charge in [0, 0.05) is 35.0 Å². The predicted molar refractivity (Wildman–Crippen MR) is 141 cm³/mol. The Kier molecular flexibility index (Phi) is 8.10. The lowest BCUT2D eigenvalue weighted by molar-refractivity contribution is -0.137. The first kappa shape index (κ1) is 25.4. The van der Waals surface area contributed by atoms with Gasteiger partial charge in [0.15, 0.2) is 11.5 Å². The van der Waals surface area contributed by atoms with Crippen molar-refractivity contribution in [1.82, 2.24) is 9.97 Å². The molecule has 0 aliphatic heterocycles. The van der Waals surface area contributed by atoms with Crippen molar-refractivity contribution < 1.29 is 29.3 Å². The fourth-order valence-electron chi connectivity index (χ4n) is 4.03. The van der Waals surface area contributed by atoms with Gasteiger partial charge in [0.1, 0.15) is 12.3 Å². The number of carboxylic acids is 2. The summed E-state index contributed by atoms with van der Waals surface area (Å²) in [6.07, 6.45) is 3.71. The quantitative estimate of drug-likeness (QED) is 0.196. The lowest BCUT2D eigenvalue weighted by Gasteiger charge is -2.11. The number of aliphatic carboxylic acids is 1. The Morgan fingerprint density at radius 2 is 1.65 bits per heavy atom. The normalized spacial score (nSPS) is 10.6. The lowest BCUT2D eigenvalue weighted by Crippen LogP contribution is -1.97. The highest BCUT2D eigenvalue weighted by Gasteiger charge is 2.12. The number of ether oxygens (including phenoxy) is 2. The largest absolute Gasteiger partial charge is 0.493 e. The number of H-pyrrole nitrogens is 2. The van der Waals surface area contributed by atoms with E-state index in [1.54, 1.807) is 25.3 Å². The van der Waals surface area contributed by atoms with Crippen molar-refractivity contribution in [1.29, 1.82) is 0 Å². The van der Waals surface area contributed by atoms with Gasteiger partial charge in [0.25, 0.3) is 0 Å². The molecule has 0 saturated heterocycles. The summed E-state index contributed by atoms with van der Waals surface area (Å²) in [6, 6.07) is 22.9. The third kappa shape index (κ3) is 6.49. The second-order valence-corrected chi connectivity index (χ2v) is 8.46. The van der Waals surface area contributed by atoms with Crippen molar-refractivity contribution >= 4 is 33.7 Å². The molecule has 8 nitrogen and oxygen atoms in total. The molecule has 0 amide bonds. The molecule has 0 unspecified atom stereocenters. The van der Waals surface area contributed by atoms with Crippen LogP contribution in [-0.2, 0) is 17.8 Å². The number of carboxylic acid groups (broad SMARTS) is 2. The van der Waals surface area contributed by atoms with Crippen molar-refractivity contribution in [2.45, 2.75) is 25.9 Å². The Morgan fingerprint density at radius 3 is 2.38 bits per heavy atom. The van der Waals surface area contributed by atoms with Gasteiger partial charge in [-0.2, -0.15) is 0 Å². The number of hydrogen-bond acceptors (Lipinski definition) is 4. The minimum Gasteiger partial charge on any atom is -0.493 e. The summed E-state index contributed by atoms with van der Waals surface area (Å²) in [7, 11) is 1.56. The molecule has 2 heterocycles. The molecule has 2 aromatic heterocycles. The molecule has 0 bridgehead atoms. The van der Waals surface area contributed by atoms with Crippen LogP contribution in [0.1, 0.15) is 34.5 Å². The van der Waals surface area contributed by atoms with E-state index >= 15 is 0 Å². The van der Waals surface area contributed by atoms with Crippen molar-refractivity contribution in [3.8, 4) is 11.5 Å². The molecule has 8 heteroatoms. The van der Waals surface area contributed by atoms with Gasteiger partial charge < -0.3 is 29.7 Å². The molecule has 0 aliphatic carbocycles. The van der Waals surface area contributed by atoms with Crippen LogP contribution in [0.15, 0.2) is 79.0 Å².